The number of benzene rings is 1. The summed E-state index contributed by atoms with van der Waals surface area (Å²) in [6, 6.07) is 7.10. The molecule has 1 amide bonds. The van der Waals surface area contributed by atoms with Crippen molar-refractivity contribution in [2.45, 2.75) is 32.2 Å². The van der Waals surface area contributed by atoms with E-state index in [1.807, 2.05) is 6.92 Å². The number of carbonyl (C=O) groups is 1. The van der Waals surface area contributed by atoms with Crippen LogP contribution in [0, 0.1) is 0 Å². The number of amides is 1. The highest BCUT2D eigenvalue weighted by Crippen LogP contribution is 2.27. The predicted molar refractivity (Wildman–Crippen MR) is 99.3 cm³/mol. The summed E-state index contributed by atoms with van der Waals surface area (Å²) >= 11 is 0. The molecule has 0 aromatic heterocycles. The van der Waals surface area contributed by atoms with E-state index in [2.05, 4.69) is 4.40 Å². The lowest BCUT2D eigenvalue weighted by Gasteiger charge is -2.36. The molecule has 140 valence electrons. The first-order valence-corrected chi connectivity index (χ1v) is 9.99. The maximum atomic E-state index is 13.1. The Bertz CT molecular complexity index is 876. The van der Waals surface area contributed by atoms with Crippen molar-refractivity contribution in [2.75, 3.05) is 20.7 Å². The molecule has 0 spiro atoms. The van der Waals surface area contributed by atoms with Gasteiger partial charge in [-0.3, -0.25) is 4.79 Å². The van der Waals surface area contributed by atoms with Crippen LogP contribution in [-0.4, -0.2) is 56.0 Å². The molecule has 0 aliphatic carbocycles. The van der Waals surface area contributed by atoms with Crippen LogP contribution >= 0.6 is 0 Å². The highest BCUT2D eigenvalue weighted by Gasteiger charge is 2.35. The third-order valence-corrected chi connectivity index (χ3v) is 6.15. The van der Waals surface area contributed by atoms with Crippen molar-refractivity contribution in [3.8, 4) is 5.75 Å². The minimum absolute atomic E-state index is 0.0850. The van der Waals surface area contributed by atoms with Crippen LogP contribution in [-0.2, 0) is 15.0 Å². The topological polar surface area (TPSA) is 79.3 Å². The van der Waals surface area contributed by atoms with Gasteiger partial charge in [0.15, 0.2) is 0 Å². The number of nitrogens with zero attached hydrogens (tertiary/aromatic N) is 3. The quantitative estimate of drug-likeness (QED) is 0.807. The Morgan fingerprint density at radius 3 is 2.69 bits per heavy atom. The van der Waals surface area contributed by atoms with E-state index in [1.165, 1.54) is 20.2 Å². The van der Waals surface area contributed by atoms with E-state index in [-0.39, 0.29) is 23.4 Å². The van der Waals surface area contributed by atoms with Crippen LogP contribution in [0.4, 0.5) is 0 Å². The van der Waals surface area contributed by atoms with E-state index in [4.69, 9.17) is 4.74 Å². The molecular formula is C18H23N3O4S. The number of ether oxygens (including phenoxy) is 1. The summed E-state index contributed by atoms with van der Waals surface area (Å²) in [5.41, 5.74) is 0.840. The number of piperidine rings is 1. The summed E-state index contributed by atoms with van der Waals surface area (Å²) in [6.45, 7) is 2.62. The number of likely N-dealkylation sites (tertiary alicyclic amines) is 1. The molecule has 0 saturated carbocycles. The Morgan fingerprint density at radius 1 is 1.27 bits per heavy atom. The first kappa shape index (κ1) is 18.4. The lowest BCUT2D eigenvalue weighted by Crippen LogP contribution is -2.46. The second-order valence-corrected chi connectivity index (χ2v) is 8.12. The number of rotatable bonds is 3. The van der Waals surface area contributed by atoms with Crippen LogP contribution in [0.15, 0.2) is 40.4 Å². The average molecular weight is 377 g/mol. The molecule has 2 heterocycles. The largest absolute Gasteiger partial charge is 0.496 e. The second-order valence-electron chi connectivity index (χ2n) is 6.50. The molecule has 3 rings (SSSR count). The molecule has 7 nitrogen and oxygen atoms in total. The zero-order valence-corrected chi connectivity index (χ0v) is 16.0. The number of likely N-dealkylation sites (N-methyl/N-ethyl adjacent to an activating group) is 1. The Balaban J connectivity index is 2.05. The molecule has 0 radical (unpaired) electrons. The third kappa shape index (κ3) is 3.33. The molecule has 2 aliphatic rings. The van der Waals surface area contributed by atoms with Gasteiger partial charge in [0.05, 0.1) is 12.8 Å². The van der Waals surface area contributed by atoms with E-state index in [0.29, 0.717) is 17.9 Å². The van der Waals surface area contributed by atoms with Gasteiger partial charge in [0.25, 0.3) is 5.91 Å². The molecule has 1 aromatic carbocycles. The highest BCUT2D eigenvalue weighted by molar-refractivity contribution is 7.88. The van der Waals surface area contributed by atoms with Crippen LogP contribution in [0.5, 0.6) is 5.75 Å². The summed E-state index contributed by atoms with van der Waals surface area (Å²) in [7, 11) is -1.12. The maximum absolute atomic E-state index is 13.1. The zero-order chi connectivity index (χ0) is 18.9. The number of hydrogen-bond donors (Lipinski definition) is 0. The van der Waals surface area contributed by atoms with Gasteiger partial charge in [-0.05, 0) is 44.4 Å². The Morgan fingerprint density at radius 2 is 2.00 bits per heavy atom. The standard InChI is InChI=1S/C18H23N3O4S/c1-13-8-6-7-11-21(13)18(22)16-12-15(19-26(23,24)20(16)2)14-9-4-5-10-17(14)25-3/h4-5,9-10,12-13H,6-8,11H2,1-3H3/t13-/m0/s1. The molecule has 1 aromatic rings. The van der Waals surface area contributed by atoms with Gasteiger partial charge in [-0.2, -0.15) is 8.42 Å². The Hall–Kier alpha value is -2.35. The van der Waals surface area contributed by atoms with Crippen LogP contribution in [0.1, 0.15) is 31.7 Å². The molecule has 1 saturated heterocycles. The second kappa shape index (κ2) is 7.11. The Labute approximate surface area is 154 Å². The normalized spacial score (nSPS) is 22.5. The SMILES string of the molecule is COc1ccccc1C1=NS(=O)(=O)N(C)C(C(=O)N2CCCC[C@@H]2C)=C1. The number of allylic oxidation sites excluding steroid dienone is 1. The lowest BCUT2D eigenvalue weighted by atomic mass is 10.0. The fourth-order valence-electron chi connectivity index (χ4n) is 3.28. The molecule has 0 unspecified atom stereocenters. The van der Waals surface area contributed by atoms with Crippen molar-refractivity contribution in [3.63, 3.8) is 0 Å². The maximum Gasteiger partial charge on any atom is 0.345 e. The van der Waals surface area contributed by atoms with Crippen LogP contribution in [0.25, 0.3) is 0 Å². The minimum atomic E-state index is -3.98. The van der Waals surface area contributed by atoms with Gasteiger partial charge in [0, 0.05) is 25.2 Å². The fourth-order valence-corrected chi connectivity index (χ4v) is 4.18. The summed E-state index contributed by atoms with van der Waals surface area (Å²) < 4.78 is 35.2. The van der Waals surface area contributed by atoms with Gasteiger partial charge in [0.2, 0.25) is 0 Å². The van der Waals surface area contributed by atoms with E-state index in [1.54, 1.807) is 29.2 Å². The summed E-state index contributed by atoms with van der Waals surface area (Å²) in [4.78, 5) is 14.8. The van der Waals surface area contributed by atoms with E-state index >= 15 is 0 Å². The van der Waals surface area contributed by atoms with Gasteiger partial charge in [-0.1, -0.05) is 12.1 Å². The predicted octanol–water partition coefficient (Wildman–Crippen LogP) is 1.96. The molecule has 1 fully saturated rings. The third-order valence-electron chi connectivity index (χ3n) is 4.84. The van der Waals surface area contributed by atoms with E-state index in [0.717, 1.165) is 23.6 Å². The van der Waals surface area contributed by atoms with Crippen LogP contribution in [0.3, 0.4) is 0 Å². The van der Waals surface area contributed by atoms with Gasteiger partial charge >= 0.3 is 10.2 Å². The Kier molecular flexibility index (Phi) is 5.04. The molecule has 8 heteroatoms. The van der Waals surface area contributed by atoms with Crippen molar-refractivity contribution >= 4 is 21.8 Å². The van der Waals surface area contributed by atoms with Gasteiger partial charge < -0.3 is 9.64 Å². The van der Waals surface area contributed by atoms with E-state index < -0.39 is 10.2 Å². The number of para-hydroxylation sites is 1. The number of methoxy groups -OCH3 is 1. The summed E-state index contributed by atoms with van der Waals surface area (Å²) in [5, 5.41) is 0. The van der Waals surface area contributed by atoms with Crippen molar-refractivity contribution in [1.82, 2.24) is 9.21 Å². The molecule has 26 heavy (non-hydrogen) atoms. The van der Waals surface area contributed by atoms with Crippen LogP contribution < -0.4 is 4.74 Å². The van der Waals surface area contributed by atoms with Crippen molar-refractivity contribution in [3.05, 3.63) is 41.6 Å². The van der Waals surface area contributed by atoms with Gasteiger partial charge in [-0.15, -0.1) is 4.40 Å². The minimum Gasteiger partial charge on any atom is -0.496 e. The number of hydrogen-bond acceptors (Lipinski definition) is 4. The van der Waals surface area contributed by atoms with Crippen molar-refractivity contribution < 1.29 is 17.9 Å². The average Bonchev–Trinajstić information content (AvgIpc) is 2.63. The van der Waals surface area contributed by atoms with Crippen LogP contribution in [0.2, 0.25) is 0 Å². The van der Waals surface area contributed by atoms with Crippen molar-refractivity contribution in [1.29, 1.82) is 0 Å². The first-order chi connectivity index (χ1) is 12.3. The van der Waals surface area contributed by atoms with Gasteiger partial charge in [0.1, 0.15) is 11.4 Å². The summed E-state index contributed by atoms with van der Waals surface area (Å²) in [6.07, 6.45) is 4.45. The molecule has 0 bridgehead atoms. The first-order valence-electron chi connectivity index (χ1n) is 8.60. The summed E-state index contributed by atoms with van der Waals surface area (Å²) in [5.74, 6) is 0.214. The van der Waals surface area contributed by atoms with Crippen molar-refractivity contribution in [2.24, 2.45) is 4.40 Å². The highest BCUT2D eigenvalue weighted by atomic mass is 32.2. The van der Waals surface area contributed by atoms with E-state index in [9.17, 15) is 13.2 Å². The smallest absolute Gasteiger partial charge is 0.345 e. The zero-order valence-electron chi connectivity index (χ0n) is 15.2. The number of carbonyl (C=O) groups excluding carboxylic acids is 1. The van der Waals surface area contributed by atoms with Gasteiger partial charge in [-0.25, -0.2) is 4.31 Å². The molecular weight excluding hydrogens is 354 g/mol. The molecule has 0 N–H and O–H groups in total. The molecule has 2 aliphatic heterocycles. The fraction of sp³-hybridized carbons (Fsp3) is 0.444. The lowest BCUT2D eigenvalue weighted by molar-refractivity contribution is -0.131. The monoisotopic (exact) mass is 377 g/mol. The molecule has 1 atom stereocenters.